The maximum absolute atomic E-state index is 4.52. The summed E-state index contributed by atoms with van der Waals surface area (Å²) in [6, 6.07) is 2.70. The molecule has 2 aromatic rings. The zero-order chi connectivity index (χ0) is 11.0. The number of aromatic nitrogens is 2. The molecule has 0 unspecified atom stereocenters. The number of thiophene rings is 1. The molecule has 3 rings (SSSR count). The fourth-order valence-corrected chi connectivity index (χ4v) is 2.39. The van der Waals surface area contributed by atoms with Crippen LogP contribution in [0.15, 0.2) is 11.4 Å². The van der Waals surface area contributed by atoms with Crippen LogP contribution in [-0.2, 0) is 0 Å². The molecule has 4 nitrogen and oxygen atoms in total. The van der Waals surface area contributed by atoms with E-state index in [4.69, 9.17) is 0 Å². The minimum Gasteiger partial charge on any atom is -0.367 e. The Balaban J connectivity index is 2.02. The van der Waals surface area contributed by atoms with Crippen molar-refractivity contribution in [3.63, 3.8) is 0 Å². The van der Waals surface area contributed by atoms with Gasteiger partial charge in [0.2, 0.25) is 5.95 Å². The van der Waals surface area contributed by atoms with Crippen molar-refractivity contribution in [1.82, 2.24) is 9.97 Å². The van der Waals surface area contributed by atoms with Gasteiger partial charge in [-0.25, -0.2) is 4.98 Å². The first-order chi connectivity index (χ1) is 7.86. The Morgan fingerprint density at radius 1 is 1.44 bits per heavy atom. The van der Waals surface area contributed by atoms with Gasteiger partial charge in [0.1, 0.15) is 10.6 Å². The van der Waals surface area contributed by atoms with Gasteiger partial charge in [-0.3, -0.25) is 0 Å². The first-order valence-corrected chi connectivity index (χ1v) is 6.50. The third kappa shape index (κ3) is 1.82. The molecule has 5 heteroatoms. The average molecular weight is 234 g/mol. The second-order valence-electron chi connectivity index (χ2n) is 3.98. The highest BCUT2D eigenvalue weighted by Gasteiger charge is 2.22. The van der Waals surface area contributed by atoms with Crippen LogP contribution in [0.3, 0.4) is 0 Å². The highest BCUT2D eigenvalue weighted by Crippen LogP contribution is 2.30. The second kappa shape index (κ2) is 3.90. The summed E-state index contributed by atoms with van der Waals surface area (Å²) in [6.07, 6.45) is 2.51. The lowest BCUT2D eigenvalue weighted by Gasteiger charge is -2.07. The molecule has 1 aliphatic carbocycles. The lowest BCUT2D eigenvalue weighted by atomic mass is 10.4. The first kappa shape index (κ1) is 9.84. The van der Waals surface area contributed by atoms with E-state index in [2.05, 4.69) is 39.0 Å². The SMILES string of the molecule is CCNc1nc(NC2CC2)c2ccsc2n1. The molecule has 2 heterocycles. The zero-order valence-electron chi connectivity index (χ0n) is 9.16. The van der Waals surface area contributed by atoms with E-state index in [1.807, 2.05) is 0 Å². The number of anilines is 2. The van der Waals surface area contributed by atoms with Gasteiger partial charge in [0.15, 0.2) is 0 Å². The number of hydrogen-bond donors (Lipinski definition) is 2. The van der Waals surface area contributed by atoms with Crippen molar-refractivity contribution in [2.24, 2.45) is 0 Å². The summed E-state index contributed by atoms with van der Waals surface area (Å²) in [4.78, 5) is 10.0. The van der Waals surface area contributed by atoms with E-state index >= 15 is 0 Å². The summed E-state index contributed by atoms with van der Waals surface area (Å²) in [6.45, 7) is 2.90. The molecule has 0 amide bonds. The van der Waals surface area contributed by atoms with E-state index in [0.717, 1.165) is 28.5 Å². The fourth-order valence-electron chi connectivity index (χ4n) is 1.62. The van der Waals surface area contributed by atoms with Crippen LogP contribution in [0.5, 0.6) is 0 Å². The third-order valence-corrected chi connectivity index (χ3v) is 3.38. The van der Waals surface area contributed by atoms with Gasteiger partial charge in [-0.15, -0.1) is 11.3 Å². The van der Waals surface area contributed by atoms with Crippen LogP contribution in [0.2, 0.25) is 0 Å². The molecule has 2 aromatic heterocycles. The highest BCUT2D eigenvalue weighted by atomic mass is 32.1. The number of nitrogens with one attached hydrogen (secondary N) is 2. The summed E-state index contributed by atoms with van der Waals surface area (Å²) in [7, 11) is 0. The minimum atomic E-state index is 0.618. The van der Waals surface area contributed by atoms with Crippen LogP contribution in [0, 0.1) is 0 Å². The highest BCUT2D eigenvalue weighted by molar-refractivity contribution is 7.16. The Bertz CT molecular complexity index is 504. The Labute approximate surface area is 98.1 Å². The van der Waals surface area contributed by atoms with Crippen molar-refractivity contribution in [2.75, 3.05) is 17.2 Å². The Kier molecular flexibility index (Phi) is 2.40. The monoisotopic (exact) mass is 234 g/mol. The van der Waals surface area contributed by atoms with Crippen LogP contribution in [0.25, 0.3) is 10.2 Å². The molecule has 1 fully saturated rings. The van der Waals surface area contributed by atoms with Crippen molar-refractivity contribution >= 4 is 33.3 Å². The van der Waals surface area contributed by atoms with Gasteiger partial charge in [-0.2, -0.15) is 4.98 Å². The van der Waals surface area contributed by atoms with Crippen LogP contribution < -0.4 is 10.6 Å². The van der Waals surface area contributed by atoms with E-state index in [0.29, 0.717) is 6.04 Å². The van der Waals surface area contributed by atoms with Gasteiger partial charge in [-0.05, 0) is 31.2 Å². The van der Waals surface area contributed by atoms with Gasteiger partial charge in [-0.1, -0.05) is 0 Å². The Morgan fingerprint density at radius 3 is 3.06 bits per heavy atom. The van der Waals surface area contributed by atoms with Crippen molar-refractivity contribution in [3.05, 3.63) is 11.4 Å². The quantitative estimate of drug-likeness (QED) is 0.854. The second-order valence-corrected chi connectivity index (χ2v) is 4.88. The van der Waals surface area contributed by atoms with E-state index in [1.165, 1.54) is 12.8 Å². The zero-order valence-corrected chi connectivity index (χ0v) is 9.97. The van der Waals surface area contributed by atoms with E-state index in [9.17, 15) is 0 Å². The molecule has 0 atom stereocenters. The molecule has 1 saturated carbocycles. The Morgan fingerprint density at radius 2 is 2.31 bits per heavy atom. The molecule has 0 spiro atoms. The van der Waals surface area contributed by atoms with Crippen molar-refractivity contribution < 1.29 is 0 Å². The average Bonchev–Trinajstić information content (AvgIpc) is 2.95. The molecule has 0 aliphatic heterocycles. The van der Waals surface area contributed by atoms with Crippen LogP contribution in [0.1, 0.15) is 19.8 Å². The van der Waals surface area contributed by atoms with Crippen molar-refractivity contribution in [1.29, 1.82) is 0 Å². The summed E-state index contributed by atoms with van der Waals surface area (Å²) in [5, 5.41) is 9.83. The maximum atomic E-state index is 4.52. The van der Waals surface area contributed by atoms with Crippen LogP contribution >= 0.6 is 11.3 Å². The van der Waals surface area contributed by atoms with E-state index in [-0.39, 0.29) is 0 Å². The standard InChI is InChI=1S/C11H14N4S/c1-2-12-11-14-9(13-7-3-4-7)8-5-6-16-10(8)15-11/h5-7H,2-4H2,1H3,(H2,12,13,14,15). The molecular formula is C11H14N4S. The number of fused-ring (bicyclic) bond motifs is 1. The van der Waals surface area contributed by atoms with Gasteiger partial charge in [0.05, 0.1) is 5.39 Å². The lowest BCUT2D eigenvalue weighted by Crippen LogP contribution is -2.07. The largest absolute Gasteiger partial charge is 0.367 e. The van der Waals surface area contributed by atoms with E-state index < -0.39 is 0 Å². The van der Waals surface area contributed by atoms with Crippen LogP contribution in [0.4, 0.5) is 11.8 Å². The molecule has 1 aliphatic rings. The van der Waals surface area contributed by atoms with Gasteiger partial charge >= 0.3 is 0 Å². The van der Waals surface area contributed by atoms with Gasteiger partial charge < -0.3 is 10.6 Å². The summed E-state index contributed by atoms with van der Waals surface area (Å²) in [5.41, 5.74) is 0. The summed E-state index contributed by atoms with van der Waals surface area (Å²) < 4.78 is 0. The predicted octanol–water partition coefficient (Wildman–Crippen LogP) is 2.70. The molecule has 2 N–H and O–H groups in total. The summed E-state index contributed by atoms with van der Waals surface area (Å²) >= 11 is 1.66. The van der Waals surface area contributed by atoms with Crippen molar-refractivity contribution in [3.8, 4) is 0 Å². The molecule has 16 heavy (non-hydrogen) atoms. The van der Waals surface area contributed by atoms with Gasteiger partial charge in [0.25, 0.3) is 0 Å². The fraction of sp³-hybridized carbons (Fsp3) is 0.455. The molecule has 0 bridgehead atoms. The van der Waals surface area contributed by atoms with E-state index in [1.54, 1.807) is 11.3 Å². The smallest absolute Gasteiger partial charge is 0.226 e. The number of hydrogen-bond acceptors (Lipinski definition) is 5. The lowest BCUT2D eigenvalue weighted by molar-refractivity contribution is 1.08. The summed E-state index contributed by atoms with van der Waals surface area (Å²) in [5.74, 6) is 1.70. The molecule has 0 aromatic carbocycles. The Hall–Kier alpha value is -1.36. The van der Waals surface area contributed by atoms with Gasteiger partial charge in [0, 0.05) is 12.6 Å². The molecule has 0 saturated heterocycles. The number of nitrogens with zero attached hydrogens (tertiary/aromatic N) is 2. The normalized spacial score (nSPS) is 15.3. The maximum Gasteiger partial charge on any atom is 0.226 e. The van der Waals surface area contributed by atoms with Crippen LogP contribution in [-0.4, -0.2) is 22.6 Å². The first-order valence-electron chi connectivity index (χ1n) is 5.62. The molecular weight excluding hydrogens is 220 g/mol. The topological polar surface area (TPSA) is 49.8 Å². The van der Waals surface area contributed by atoms with Crippen molar-refractivity contribution in [2.45, 2.75) is 25.8 Å². The third-order valence-electron chi connectivity index (χ3n) is 2.58. The molecule has 84 valence electrons. The molecule has 0 radical (unpaired) electrons. The predicted molar refractivity (Wildman–Crippen MR) is 68.2 cm³/mol. The minimum absolute atomic E-state index is 0.618. The number of rotatable bonds is 4.